The molecule has 8 rings (SSSR count). The van der Waals surface area contributed by atoms with Gasteiger partial charge in [-0.1, -0.05) is 121 Å². The van der Waals surface area contributed by atoms with E-state index in [-0.39, 0.29) is 5.84 Å². The molecule has 5 heteroatoms. The predicted octanol–water partition coefficient (Wildman–Crippen LogP) is 8.91. The molecule has 8 aromatic rings. The highest BCUT2D eigenvalue weighted by molar-refractivity contribution is 6.16. The van der Waals surface area contributed by atoms with Gasteiger partial charge in [-0.3, -0.25) is 15.5 Å². The smallest absolute Gasteiger partial charge is 0.154 e. The number of nitrogens with zero attached hydrogens (tertiary/aromatic N) is 3. The number of fused-ring (bicyclic) bond motifs is 6. The van der Waals surface area contributed by atoms with Gasteiger partial charge in [0.25, 0.3) is 0 Å². The fraction of sp³-hybridized carbons (Fsp3) is 0. The van der Waals surface area contributed by atoms with E-state index in [0.717, 1.165) is 38.6 Å². The number of hydrogen-bond acceptors (Lipinski definition) is 1. The lowest BCUT2D eigenvalue weighted by Crippen LogP contribution is -2.25. The zero-order valence-electron chi connectivity index (χ0n) is 23.3. The van der Waals surface area contributed by atoms with E-state index in [1.54, 1.807) is 0 Å². The summed E-state index contributed by atoms with van der Waals surface area (Å²) in [5, 5.41) is 13.5. The van der Waals surface area contributed by atoms with Crippen LogP contribution in [0.3, 0.4) is 0 Å². The Morgan fingerprint density at radius 2 is 0.977 bits per heavy atom. The molecule has 43 heavy (non-hydrogen) atoms. The van der Waals surface area contributed by atoms with Crippen molar-refractivity contribution in [1.29, 1.82) is 5.41 Å². The fourth-order valence-corrected chi connectivity index (χ4v) is 6.05. The van der Waals surface area contributed by atoms with Crippen molar-refractivity contribution in [1.82, 2.24) is 9.24 Å². The Bertz CT molecular complexity index is 2270. The quantitative estimate of drug-likeness (QED) is 0.166. The number of benzene rings is 6. The van der Waals surface area contributed by atoms with E-state index < -0.39 is 0 Å². The zero-order chi connectivity index (χ0) is 28.8. The first-order chi connectivity index (χ1) is 21.3. The van der Waals surface area contributed by atoms with Crippen molar-refractivity contribution in [2.75, 3.05) is 5.43 Å². The third kappa shape index (κ3) is 4.18. The van der Waals surface area contributed by atoms with Gasteiger partial charge in [-0.05, 0) is 30.3 Å². The summed E-state index contributed by atoms with van der Waals surface area (Å²) in [6.45, 7) is 0. The highest BCUT2D eigenvalue weighted by atomic mass is 15.4. The third-order valence-corrected chi connectivity index (χ3v) is 8.03. The van der Waals surface area contributed by atoms with E-state index in [4.69, 9.17) is 10.4 Å². The largest absolute Gasteiger partial charge is 0.309 e. The van der Waals surface area contributed by atoms with Gasteiger partial charge >= 0.3 is 0 Å². The normalized spacial score (nSPS) is 12.0. The van der Waals surface area contributed by atoms with Crippen molar-refractivity contribution < 1.29 is 0 Å². The summed E-state index contributed by atoms with van der Waals surface area (Å²) in [7, 11) is 0. The number of nitrogens with one attached hydrogen (secondary N) is 2. The molecular weight excluding hydrogens is 526 g/mol. The lowest BCUT2D eigenvalue weighted by Gasteiger charge is -2.15. The highest BCUT2D eigenvalue weighted by Gasteiger charge is 2.17. The second-order valence-electron chi connectivity index (χ2n) is 10.6. The molecule has 2 aromatic heterocycles. The molecule has 0 saturated heterocycles. The van der Waals surface area contributed by atoms with Crippen LogP contribution in [0.25, 0.3) is 49.3 Å². The Morgan fingerprint density at radius 1 is 0.488 bits per heavy atom. The number of hydrogen-bond donors (Lipinski definition) is 2. The van der Waals surface area contributed by atoms with Crippen molar-refractivity contribution >= 4 is 55.3 Å². The van der Waals surface area contributed by atoms with Crippen molar-refractivity contribution in [2.24, 2.45) is 4.99 Å². The number of rotatable bonds is 4. The number of aromatic nitrogens is 2. The van der Waals surface area contributed by atoms with Crippen molar-refractivity contribution in [2.45, 2.75) is 0 Å². The van der Waals surface area contributed by atoms with Crippen LogP contribution < -0.4 is 5.43 Å². The lowest BCUT2D eigenvalue weighted by atomic mass is 10.1. The summed E-state index contributed by atoms with van der Waals surface area (Å²) in [4.78, 5) is 4.82. The molecule has 0 aliphatic heterocycles. The molecule has 6 aromatic carbocycles. The van der Waals surface area contributed by atoms with Crippen LogP contribution in [0.4, 0.5) is 0 Å². The average Bonchev–Trinajstić information content (AvgIpc) is 3.57. The fourth-order valence-electron chi connectivity index (χ4n) is 6.05. The first-order valence-electron chi connectivity index (χ1n) is 14.3. The van der Waals surface area contributed by atoms with Crippen molar-refractivity contribution in [3.05, 3.63) is 163 Å². The Hall–Kier alpha value is -5.94. The molecule has 0 saturated carbocycles. The van der Waals surface area contributed by atoms with Crippen LogP contribution >= 0.6 is 0 Å². The molecule has 0 fully saturated rings. The van der Waals surface area contributed by atoms with Gasteiger partial charge in [0.2, 0.25) is 0 Å². The summed E-state index contributed by atoms with van der Waals surface area (Å²) in [5.41, 5.74) is 10.7. The molecule has 2 N–H and O–H groups in total. The summed E-state index contributed by atoms with van der Waals surface area (Å²) < 4.78 is 4.44. The zero-order valence-corrected chi connectivity index (χ0v) is 23.3. The number of amidine groups is 2. The second-order valence-corrected chi connectivity index (χ2v) is 10.6. The minimum atomic E-state index is 0.193. The molecule has 5 nitrogen and oxygen atoms in total. The molecule has 0 amide bonds. The number of aliphatic imine (C=N–C) groups is 1. The van der Waals surface area contributed by atoms with Crippen LogP contribution in [-0.4, -0.2) is 20.9 Å². The second kappa shape index (κ2) is 10.2. The van der Waals surface area contributed by atoms with Crippen LogP contribution in [0.1, 0.15) is 11.1 Å². The summed E-state index contributed by atoms with van der Waals surface area (Å²) >= 11 is 0. The monoisotopic (exact) mass is 553 g/mol. The van der Waals surface area contributed by atoms with Gasteiger partial charge in [-0.15, -0.1) is 0 Å². The molecule has 0 aliphatic carbocycles. The van der Waals surface area contributed by atoms with Crippen LogP contribution in [-0.2, 0) is 0 Å². The highest BCUT2D eigenvalue weighted by Crippen LogP contribution is 2.35. The average molecular weight is 554 g/mol. The minimum absolute atomic E-state index is 0.193. The Labute approximate surface area is 248 Å². The number of para-hydroxylation sites is 3. The van der Waals surface area contributed by atoms with Gasteiger partial charge in [0.15, 0.2) is 11.7 Å². The maximum atomic E-state index is 8.81. The van der Waals surface area contributed by atoms with Gasteiger partial charge in [-0.2, -0.15) is 0 Å². The van der Waals surface area contributed by atoms with Gasteiger partial charge in [0.1, 0.15) is 0 Å². The maximum absolute atomic E-state index is 8.81. The van der Waals surface area contributed by atoms with Crippen LogP contribution in [0, 0.1) is 5.41 Å². The van der Waals surface area contributed by atoms with E-state index in [1.807, 2.05) is 60.7 Å². The van der Waals surface area contributed by atoms with E-state index >= 15 is 0 Å². The molecule has 0 aliphatic rings. The Balaban J connectivity index is 1.35. The molecular formula is C38H27N5. The predicted molar refractivity (Wildman–Crippen MR) is 179 cm³/mol. The van der Waals surface area contributed by atoms with Crippen LogP contribution in [0.15, 0.2) is 157 Å². The topological polar surface area (TPSA) is 58.1 Å². The van der Waals surface area contributed by atoms with Gasteiger partial charge in [0.05, 0.1) is 22.1 Å². The summed E-state index contributed by atoms with van der Waals surface area (Å²) in [6.07, 6.45) is 0. The van der Waals surface area contributed by atoms with E-state index in [2.05, 4.69) is 106 Å². The summed E-state index contributed by atoms with van der Waals surface area (Å²) in [5.74, 6) is 0.790. The molecule has 204 valence electrons. The molecule has 0 unspecified atom stereocenters. The molecule has 0 radical (unpaired) electrons. The van der Waals surface area contributed by atoms with Gasteiger partial charge in [0, 0.05) is 38.4 Å². The lowest BCUT2D eigenvalue weighted by molar-refractivity contribution is 1.07. The van der Waals surface area contributed by atoms with Crippen molar-refractivity contribution in [3.63, 3.8) is 0 Å². The minimum Gasteiger partial charge on any atom is -0.309 e. The van der Waals surface area contributed by atoms with Gasteiger partial charge < -0.3 is 4.57 Å². The Kier molecular flexibility index (Phi) is 5.86. The first kappa shape index (κ1) is 24.8. The van der Waals surface area contributed by atoms with Crippen molar-refractivity contribution in [3.8, 4) is 5.69 Å². The SMILES string of the molecule is N=C(N=C(Nn1c2ccccc2c2ccc(-n3c4ccccc4c4ccccc43)cc21)c1ccccc1)c1ccccc1. The first-order valence-corrected chi connectivity index (χ1v) is 14.3. The molecule has 0 spiro atoms. The van der Waals surface area contributed by atoms with Crippen LogP contribution in [0.2, 0.25) is 0 Å². The van der Waals surface area contributed by atoms with E-state index in [9.17, 15) is 0 Å². The van der Waals surface area contributed by atoms with Gasteiger partial charge in [-0.25, -0.2) is 4.99 Å². The van der Waals surface area contributed by atoms with E-state index in [0.29, 0.717) is 5.84 Å². The molecule has 0 bridgehead atoms. The Morgan fingerprint density at radius 3 is 1.60 bits per heavy atom. The summed E-state index contributed by atoms with van der Waals surface area (Å²) in [6, 6.07) is 51.8. The standard InChI is InChI=1S/C38H27N5/c39-37(26-13-3-1-4-14-26)40-38(27-15-5-2-6-16-27)41-43-35-22-12-9-19-31(35)32-24-23-28(25-36(32)43)42-33-20-10-7-17-29(33)30-18-8-11-21-34(30)42/h1-25H,(H2,39,40,41). The van der Waals surface area contributed by atoms with E-state index in [1.165, 1.54) is 21.8 Å². The molecule has 2 heterocycles. The third-order valence-electron chi connectivity index (χ3n) is 8.03. The van der Waals surface area contributed by atoms with Crippen LogP contribution in [0.5, 0.6) is 0 Å². The maximum Gasteiger partial charge on any atom is 0.154 e. The molecule has 0 atom stereocenters.